The molecule has 4 rings (SSSR count). The van der Waals surface area contributed by atoms with E-state index in [0.717, 1.165) is 16.4 Å². The van der Waals surface area contributed by atoms with Crippen molar-refractivity contribution in [1.29, 1.82) is 0 Å². The van der Waals surface area contributed by atoms with E-state index in [-0.39, 0.29) is 16.1 Å². The molecule has 1 saturated heterocycles. The Morgan fingerprint density at radius 1 is 0.939 bits per heavy atom. The van der Waals surface area contributed by atoms with E-state index in [1.165, 1.54) is 42.5 Å². The molecular formula is C24H21Cl3N2O4. The van der Waals surface area contributed by atoms with Crippen LogP contribution in [-0.4, -0.2) is 40.1 Å². The van der Waals surface area contributed by atoms with Gasteiger partial charge in [0, 0.05) is 21.2 Å². The highest BCUT2D eigenvalue weighted by molar-refractivity contribution is 6.37. The van der Waals surface area contributed by atoms with E-state index in [0.29, 0.717) is 28.8 Å². The normalized spacial score (nSPS) is 22.3. The van der Waals surface area contributed by atoms with Crippen LogP contribution < -0.4 is 0 Å². The summed E-state index contributed by atoms with van der Waals surface area (Å²) in [5.74, 6) is -2.75. The van der Waals surface area contributed by atoms with Crippen LogP contribution in [0.3, 0.4) is 0 Å². The topological polar surface area (TPSA) is 74.8 Å². The fourth-order valence-corrected chi connectivity index (χ4v) is 5.16. The van der Waals surface area contributed by atoms with Gasteiger partial charge in [0.05, 0.1) is 16.9 Å². The third-order valence-electron chi connectivity index (χ3n) is 6.26. The van der Waals surface area contributed by atoms with E-state index in [9.17, 15) is 19.2 Å². The van der Waals surface area contributed by atoms with Crippen LogP contribution in [-0.2, 0) is 9.59 Å². The lowest BCUT2D eigenvalue weighted by molar-refractivity contribution is -0.154. The molecule has 9 heteroatoms. The Labute approximate surface area is 206 Å². The van der Waals surface area contributed by atoms with E-state index in [1.807, 2.05) is 6.92 Å². The molecule has 3 amide bonds. The molecule has 3 atom stereocenters. The molecule has 2 aromatic rings. The number of carbonyl (C=O) groups excluding carboxylic acids is 4. The quantitative estimate of drug-likeness (QED) is 0.406. The molecule has 0 spiro atoms. The number of ketones is 1. The number of hydrogen-bond acceptors (Lipinski definition) is 4. The average molecular weight is 508 g/mol. The fourth-order valence-electron chi connectivity index (χ4n) is 4.52. The number of amides is 3. The standard InChI is InChI=1S/C24H21Cl3N2O4/c1-13-2-8-17-19(10-13)24(33)29(23(17)32)28(22(31)14-3-5-15(25)6-4-14)12-21(30)18-9-7-16(26)11-20(18)27/h3-7,9,11,13,17,19H,2,8,10,12H2,1H3/t13-,17+,19-/m1/s1. The molecule has 2 aromatic carbocycles. The van der Waals surface area contributed by atoms with Gasteiger partial charge in [-0.2, -0.15) is 5.01 Å². The Hall–Kier alpha value is -2.41. The van der Waals surface area contributed by atoms with Gasteiger partial charge in [-0.3, -0.25) is 19.2 Å². The zero-order valence-corrected chi connectivity index (χ0v) is 20.0. The number of rotatable bonds is 5. The molecule has 172 valence electrons. The second kappa shape index (κ2) is 9.45. The summed E-state index contributed by atoms with van der Waals surface area (Å²) in [6.45, 7) is 1.51. The first kappa shape index (κ1) is 23.7. The van der Waals surface area contributed by atoms with Crippen LogP contribution in [0.1, 0.15) is 46.9 Å². The molecule has 1 saturated carbocycles. The highest BCUT2D eigenvalue weighted by atomic mass is 35.5. The first-order valence-electron chi connectivity index (χ1n) is 10.6. The Morgan fingerprint density at radius 3 is 2.24 bits per heavy atom. The van der Waals surface area contributed by atoms with E-state index in [4.69, 9.17) is 34.8 Å². The van der Waals surface area contributed by atoms with E-state index >= 15 is 0 Å². The SMILES string of the molecule is C[C@@H]1CC[C@@H]2C(=O)N(N(CC(=O)c3ccc(Cl)cc3Cl)C(=O)c3ccc(Cl)cc3)C(=O)[C@@H]2C1. The largest absolute Gasteiger partial charge is 0.292 e. The van der Waals surface area contributed by atoms with Crippen molar-refractivity contribution in [1.82, 2.24) is 10.0 Å². The molecular weight excluding hydrogens is 487 g/mol. The minimum absolute atomic E-state index is 0.118. The van der Waals surface area contributed by atoms with Crippen molar-refractivity contribution in [3.63, 3.8) is 0 Å². The van der Waals surface area contributed by atoms with Crippen LogP contribution in [0, 0.1) is 17.8 Å². The van der Waals surface area contributed by atoms with Crippen molar-refractivity contribution in [2.45, 2.75) is 26.2 Å². The van der Waals surface area contributed by atoms with Crippen LogP contribution in [0.2, 0.25) is 15.1 Å². The Balaban J connectivity index is 1.70. The highest BCUT2D eigenvalue weighted by Crippen LogP contribution is 2.41. The first-order valence-corrected chi connectivity index (χ1v) is 11.7. The molecule has 0 aromatic heterocycles. The van der Waals surface area contributed by atoms with Gasteiger partial charge in [0.1, 0.15) is 6.54 Å². The molecule has 6 nitrogen and oxygen atoms in total. The maximum Gasteiger partial charge on any atom is 0.273 e. The lowest BCUT2D eigenvalue weighted by Crippen LogP contribution is -2.52. The minimum atomic E-state index is -0.654. The van der Waals surface area contributed by atoms with Gasteiger partial charge in [-0.15, -0.1) is 0 Å². The number of imide groups is 1. The summed E-state index contributed by atoms with van der Waals surface area (Å²) in [4.78, 5) is 53.1. The van der Waals surface area contributed by atoms with Crippen LogP contribution >= 0.6 is 34.8 Å². The number of halogens is 3. The van der Waals surface area contributed by atoms with Gasteiger partial charge in [-0.25, -0.2) is 5.01 Å². The number of hydrazine groups is 1. The zero-order chi connectivity index (χ0) is 23.9. The smallest absolute Gasteiger partial charge is 0.273 e. The van der Waals surface area contributed by atoms with Gasteiger partial charge >= 0.3 is 0 Å². The zero-order valence-electron chi connectivity index (χ0n) is 17.8. The minimum Gasteiger partial charge on any atom is -0.292 e. The lowest BCUT2D eigenvalue weighted by atomic mass is 9.76. The van der Waals surface area contributed by atoms with Crippen molar-refractivity contribution in [2.24, 2.45) is 17.8 Å². The van der Waals surface area contributed by atoms with Crippen LogP contribution in [0.15, 0.2) is 42.5 Å². The molecule has 0 bridgehead atoms. The summed E-state index contributed by atoms with van der Waals surface area (Å²) < 4.78 is 0. The van der Waals surface area contributed by atoms with Crippen molar-refractivity contribution in [2.75, 3.05) is 6.54 Å². The van der Waals surface area contributed by atoms with E-state index < -0.39 is 41.9 Å². The summed E-state index contributed by atoms with van der Waals surface area (Å²) in [7, 11) is 0. The third kappa shape index (κ3) is 4.65. The van der Waals surface area contributed by atoms with Gasteiger partial charge in [-0.1, -0.05) is 41.7 Å². The fraction of sp³-hybridized carbons (Fsp3) is 0.333. The van der Waals surface area contributed by atoms with Crippen molar-refractivity contribution in [3.8, 4) is 0 Å². The second-order valence-electron chi connectivity index (χ2n) is 8.54. The number of benzene rings is 2. The van der Waals surface area contributed by atoms with Gasteiger partial charge in [0.25, 0.3) is 17.7 Å². The molecule has 2 aliphatic rings. The Morgan fingerprint density at radius 2 is 1.58 bits per heavy atom. The number of nitrogens with zero attached hydrogens (tertiary/aromatic N) is 2. The number of carbonyl (C=O) groups is 4. The first-order chi connectivity index (χ1) is 15.7. The molecule has 1 aliphatic carbocycles. The average Bonchev–Trinajstić information content (AvgIpc) is 3.01. The maximum absolute atomic E-state index is 13.4. The van der Waals surface area contributed by atoms with Crippen LogP contribution in [0.5, 0.6) is 0 Å². The van der Waals surface area contributed by atoms with Crippen LogP contribution in [0.25, 0.3) is 0 Å². The molecule has 1 aliphatic heterocycles. The van der Waals surface area contributed by atoms with Gasteiger partial charge < -0.3 is 0 Å². The predicted molar refractivity (Wildman–Crippen MR) is 125 cm³/mol. The van der Waals surface area contributed by atoms with Gasteiger partial charge in [-0.05, 0) is 67.6 Å². The molecule has 0 unspecified atom stereocenters. The summed E-state index contributed by atoms with van der Waals surface area (Å²) in [5, 5.41) is 2.70. The lowest BCUT2D eigenvalue weighted by Gasteiger charge is -2.30. The van der Waals surface area contributed by atoms with Gasteiger partial charge in [0.15, 0.2) is 5.78 Å². The van der Waals surface area contributed by atoms with Crippen molar-refractivity contribution in [3.05, 3.63) is 68.7 Å². The molecule has 0 radical (unpaired) electrons. The van der Waals surface area contributed by atoms with E-state index in [1.54, 1.807) is 0 Å². The predicted octanol–water partition coefficient (Wildman–Crippen LogP) is 5.31. The van der Waals surface area contributed by atoms with E-state index in [2.05, 4.69) is 0 Å². The number of fused-ring (bicyclic) bond motifs is 1. The summed E-state index contributed by atoms with van der Waals surface area (Å²) in [6.07, 6.45) is 1.98. The number of hydrogen-bond donors (Lipinski definition) is 0. The Kier molecular flexibility index (Phi) is 6.80. The summed E-state index contributed by atoms with van der Waals surface area (Å²) in [5.41, 5.74) is 0.332. The molecule has 2 fully saturated rings. The summed E-state index contributed by atoms with van der Waals surface area (Å²) >= 11 is 18.0. The second-order valence-corrected chi connectivity index (χ2v) is 9.82. The van der Waals surface area contributed by atoms with Crippen molar-refractivity contribution >= 4 is 58.3 Å². The Bertz CT molecular complexity index is 1140. The van der Waals surface area contributed by atoms with Crippen molar-refractivity contribution < 1.29 is 19.2 Å². The molecule has 0 N–H and O–H groups in total. The third-order valence-corrected chi connectivity index (χ3v) is 7.06. The van der Waals surface area contributed by atoms with Crippen LogP contribution in [0.4, 0.5) is 0 Å². The maximum atomic E-state index is 13.4. The monoisotopic (exact) mass is 506 g/mol. The molecule has 33 heavy (non-hydrogen) atoms. The van der Waals surface area contributed by atoms with Gasteiger partial charge in [0.2, 0.25) is 0 Å². The molecule has 1 heterocycles. The highest BCUT2D eigenvalue weighted by Gasteiger charge is 2.52. The summed E-state index contributed by atoms with van der Waals surface area (Å²) in [6, 6.07) is 10.4. The number of Topliss-reactive ketones (excluding diaryl/α,β-unsaturated/α-hetero) is 1.